The van der Waals surface area contributed by atoms with Crippen LogP contribution < -0.4 is 14.8 Å². The maximum atomic E-state index is 15.0. The second kappa shape index (κ2) is 8.45. The molecular formula is C22H23F2N5O3. The second-order valence-electron chi connectivity index (χ2n) is 7.52. The van der Waals surface area contributed by atoms with Gasteiger partial charge in [0.05, 0.1) is 26.1 Å². The molecule has 4 rings (SSSR count). The Morgan fingerprint density at radius 1 is 1.31 bits per heavy atom. The van der Waals surface area contributed by atoms with Crippen LogP contribution in [0.15, 0.2) is 24.9 Å². The number of aromatic nitrogens is 4. The van der Waals surface area contributed by atoms with Crippen LogP contribution in [0.1, 0.15) is 29.2 Å². The molecule has 1 amide bonds. The van der Waals surface area contributed by atoms with Crippen LogP contribution in [0.25, 0.3) is 11.4 Å². The fourth-order valence-corrected chi connectivity index (χ4v) is 4.21. The van der Waals surface area contributed by atoms with Crippen molar-refractivity contribution in [3.05, 3.63) is 53.4 Å². The number of hydrogen-bond acceptors (Lipinski definition) is 5. The van der Waals surface area contributed by atoms with Crippen molar-refractivity contribution >= 4 is 11.6 Å². The van der Waals surface area contributed by atoms with Crippen molar-refractivity contribution in [2.75, 3.05) is 19.5 Å². The van der Waals surface area contributed by atoms with E-state index in [1.807, 2.05) is 0 Å². The zero-order chi connectivity index (χ0) is 23.0. The van der Waals surface area contributed by atoms with Crippen molar-refractivity contribution in [3.63, 3.8) is 0 Å². The first-order chi connectivity index (χ1) is 15.4. The standard InChI is InChI=1S/C22H23F2N5O3/c1-5-17(30)26-14-10-25-29(2)22(14)21-12-7-6-11(8-13(12)27-28-21)18-19(23)15(31-3)9-16(32-4)20(18)24/h5,9-11H,1,6-8H2,2-4H3,(H,26,30)(H,27,28)/t11-/m1/s1. The number of H-pyrrole nitrogens is 1. The molecule has 168 valence electrons. The number of fused-ring (bicyclic) bond motifs is 1. The minimum absolute atomic E-state index is 0.0533. The van der Waals surface area contributed by atoms with Crippen molar-refractivity contribution < 1.29 is 23.0 Å². The fraction of sp³-hybridized carbons (Fsp3) is 0.318. The van der Waals surface area contributed by atoms with Gasteiger partial charge in [-0.15, -0.1) is 0 Å². The van der Waals surface area contributed by atoms with Gasteiger partial charge < -0.3 is 14.8 Å². The number of aryl methyl sites for hydroxylation is 1. The minimum Gasteiger partial charge on any atom is -0.494 e. The smallest absolute Gasteiger partial charge is 0.247 e. The lowest BCUT2D eigenvalue weighted by molar-refractivity contribution is -0.111. The molecule has 0 bridgehead atoms. The number of halogens is 2. The number of aromatic amines is 1. The molecule has 0 fully saturated rings. The molecule has 0 saturated carbocycles. The number of rotatable bonds is 6. The Balaban J connectivity index is 1.71. The van der Waals surface area contributed by atoms with Crippen molar-refractivity contribution in [2.45, 2.75) is 25.2 Å². The molecule has 8 nitrogen and oxygen atoms in total. The highest BCUT2D eigenvalue weighted by Gasteiger charge is 2.32. The first-order valence-corrected chi connectivity index (χ1v) is 10.0. The van der Waals surface area contributed by atoms with Crippen LogP contribution >= 0.6 is 0 Å². The van der Waals surface area contributed by atoms with Crippen molar-refractivity contribution in [1.29, 1.82) is 0 Å². The Morgan fingerprint density at radius 3 is 2.62 bits per heavy atom. The van der Waals surface area contributed by atoms with Gasteiger partial charge in [0.2, 0.25) is 5.91 Å². The Morgan fingerprint density at radius 2 is 2.00 bits per heavy atom. The molecule has 2 heterocycles. The first-order valence-electron chi connectivity index (χ1n) is 10.0. The predicted molar refractivity (Wildman–Crippen MR) is 114 cm³/mol. The SMILES string of the molecule is C=CC(=O)Nc1cnn(C)c1-c1n[nH]c2c1CC[C@@H](c1c(F)c(OC)cc(OC)c1F)C2. The minimum atomic E-state index is -0.722. The molecule has 0 saturated heterocycles. The molecule has 10 heteroatoms. The third-order valence-electron chi connectivity index (χ3n) is 5.77. The van der Waals surface area contributed by atoms with Crippen LogP contribution in [0.3, 0.4) is 0 Å². The van der Waals surface area contributed by atoms with E-state index in [1.54, 1.807) is 11.7 Å². The lowest BCUT2D eigenvalue weighted by atomic mass is 9.81. The lowest BCUT2D eigenvalue weighted by Crippen LogP contribution is -2.16. The van der Waals surface area contributed by atoms with E-state index in [0.717, 1.165) is 11.3 Å². The van der Waals surface area contributed by atoms with Crippen LogP contribution in [0.2, 0.25) is 0 Å². The number of carbonyl (C=O) groups excluding carboxylic acids is 1. The highest BCUT2D eigenvalue weighted by atomic mass is 19.1. The molecule has 0 unspecified atom stereocenters. The molecule has 1 aromatic carbocycles. The molecule has 0 radical (unpaired) electrons. The summed E-state index contributed by atoms with van der Waals surface area (Å²) in [6.45, 7) is 3.46. The maximum absolute atomic E-state index is 15.0. The van der Waals surface area contributed by atoms with Crippen LogP contribution in [0.5, 0.6) is 11.5 Å². The van der Waals surface area contributed by atoms with Crippen molar-refractivity contribution in [1.82, 2.24) is 20.0 Å². The average molecular weight is 443 g/mol. The van der Waals surface area contributed by atoms with Gasteiger partial charge in [-0.25, -0.2) is 8.78 Å². The Bertz CT molecular complexity index is 1170. The van der Waals surface area contributed by atoms with Crippen molar-refractivity contribution in [3.8, 4) is 22.9 Å². The number of hydrogen-bond donors (Lipinski definition) is 2. The van der Waals surface area contributed by atoms with Crippen LogP contribution in [-0.4, -0.2) is 40.1 Å². The van der Waals surface area contributed by atoms with E-state index in [-0.39, 0.29) is 23.0 Å². The fourth-order valence-electron chi connectivity index (χ4n) is 4.21. The first kappa shape index (κ1) is 21.5. The van der Waals surface area contributed by atoms with E-state index in [1.165, 1.54) is 32.6 Å². The Kier molecular flexibility index (Phi) is 5.68. The van der Waals surface area contributed by atoms with E-state index < -0.39 is 17.6 Å². The summed E-state index contributed by atoms with van der Waals surface area (Å²) in [5, 5.41) is 14.4. The lowest BCUT2D eigenvalue weighted by Gasteiger charge is -2.25. The maximum Gasteiger partial charge on any atom is 0.247 e. The Labute approximate surface area is 183 Å². The summed E-state index contributed by atoms with van der Waals surface area (Å²) in [6, 6.07) is 1.21. The number of amides is 1. The second-order valence-corrected chi connectivity index (χ2v) is 7.52. The monoisotopic (exact) mass is 443 g/mol. The van der Waals surface area contributed by atoms with Gasteiger partial charge in [0.15, 0.2) is 23.1 Å². The number of nitrogens with zero attached hydrogens (tertiary/aromatic N) is 3. The number of ether oxygens (including phenoxy) is 2. The van der Waals surface area contributed by atoms with Crippen LogP contribution in [0.4, 0.5) is 14.5 Å². The predicted octanol–water partition coefficient (Wildman–Crippen LogP) is 3.50. The largest absolute Gasteiger partial charge is 0.494 e. The molecule has 0 spiro atoms. The highest BCUT2D eigenvalue weighted by molar-refractivity contribution is 6.01. The molecule has 0 aliphatic heterocycles. The number of benzene rings is 1. The summed E-state index contributed by atoms with van der Waals surface area (Å²) in [5.41, 5.74) is 3.43. The van der Waals surface area contributed by atoms with Crippen LogP contribution in [0, 0.1) is 11.6 Å². The number of anilines is 1. The van der Waals surface area contributed by atoms with E-state index in [9.17, 15) is 13.6 Å². The van der Waals surface area contributed by atoms with Gasteiger partial charge >= 0.3 is 0 Å². The molecule has 1 atom stereocenters. The van der Waals surface area contributed by atoms with E-state index in [4.69, 9.17) is 9.47 Å². The molecule has 1 aliphatic carbocycles. The summed E-state index contributed by atoms with van der Waals surface area (Å²) in [7, 11) is 4.41. The quantitative estimate of drug-likeness (QED) is 0.569. The van der Waals surface area contributed by atoms with Gasteiger partial charge in [0, 0.05) is 29.9 Å². The number of nitrogens with one attached hydrogen (secondary N) is 2. The van der Waals surface area contributed by atoms with Gasteiger partial charge in [-0.1, -0.05) is 6.58 Å². The summed E-state index contributed by atoms with van der Waals surface area (Å²) in [5.74, 6) is -2.35. The number of carbonyl (C=O) groups is 1. The van der Waals surface area contributed by atoms with Gasteiger partial charge in [-0.2, -0.15) is 10.2 Å². The normalized spacial score (nSPS) is 15.2. The van der Waals surface area contributed by atoms with E-state index in [0.29, 0.717) is 36.3 Å². The summed E-state index contributed by atoms with van der Waals surface area (Å²) >= 11 is 0. The Hall–Kier alpha value is -3.69. The van der Waals surface area contributed by atoms with E-state index in [2.05, 4.69) is 27.2 Å². The van der Waals surface area contributed by atoms with Gasteiger partial charge in [0.1, 0.15) is 11.4 Å². The highest BCUT2D eigenvalue weighted by Crippen LogP contribution is 2.42. The zero-order valence-electron chi connectivity index (χ0n) is 18.0. The van der Waals surface area contributed by atoms with Gasteiger partial charge in [-0.3, -0.25) is 14.6 Å². The zero-order valence-corrected chi connectivity index (χ0v) is 18.0. The van der Waals surface area contributed by atoms with Gasteiger partial charge in [-0.05, 0) is 31.3 Å². The molecule has 1 aliphatic rings. The van der Waals surface area contributed by atoms with Gasteiger partial charge in [0.25, 0.3) is 0 Å². The summed E-state index contributed by atoms with van der Waals surface area (Å²) in [6.07, 6.45) is 4.10. The summed E-state index contributed by atoms with van der Waals surface area (Å²) < 4.78 is 41.7. The molecule has 2 N–H and O–H groups in total. The number of methoxy groups -OCH3 is 2. The summed E-state index contributed by atoms with van der Waals surface area (Å²) in [4.78, 5) is 11.8. The molecule has 2 aromatic heterocycles. The van der Waals surface area contributed by atoms with E-state index >= 15 is 0 Å². The third-order valence-corrected chi connectivity index (χ3v) is 5.77. The van der Waals surface area contributed by atoms with Crippen molar-refractivity contribution in [2.24, 2.45) is 7.05 Å². The third kappa shape index (κ3) is 3.51. The topological polar surface area (TPSA) is 94.1 Å². The van der Waals surface area contributed by atoms with Crippen LogP contribution in [-0.2, 0) is 24.7 Å². The average Bonchev–Trinajstić information content (AvgIpc) is 3.36. The molecular weight excluding hydrogens is 420 g/mol. The molecule has 3 aromatic rings. The molecule has 32 heavy (non-hydrogen) atoms.